The molecule has 146 valence electrons. The van der Waals surface area contributed by atoms with E-state index in [0.717, 1.165) is 0 Å². The van der Waals surface area contributed by atoms with Crippen molar-refractivity contribution in [3.63, 3.8) is 0 Å². The third-order valence-electron chi connectivity index (χ3n) is 5.76. The van der Waals surface area contributed by atoms with E-state index in [1.165, 1.54) is 34.5 Å². The van der Waals surface area contributed by atoms with Gasteiger partial charge in [-0.3, -0.25) is 4.79 Å². The molecule has 1 N–H and O–H groups in total. The minimum atomic E-state index is -0.439. The molecular formula is C23H20N2O4. The lowest BCUT2D eigenvalue weighted by atomic mass is 9.98. The Bertz CT molecular complexity index is 1120. The number of amides is 1. The first-order valence-electron chi connectivity index (χ1n) is 9.64. The smallest absolute Gasteiger partial charge is 0.410 e. The van der Waals surface area contributed by atoms with Crippen LogP contribution in [-0.4, -0.2) is 33.8 Å². The number of fused-ring (bicyclic) bond motifs is 4. The molecule has 6 nitrogen and oxygen atoms in total. The molecule has 0 radical (unpaired) electrons. The van der Waals surface area contributed by atoms with Crippen LogP contribution in [-0.2, 0) is 17.8 Å². The van der Waals surface area contributed by atoms with Crippen LogP contribution in [0.4, 0.5) is 4.79 Å². The Morgan fingerprint density at radius 3 is 2.38 bits per heavy atom. The number of aromatic hydroxyl groups is 1. The highest BCUT2D eigenvalue weighted by Gasteiger charge is 2.30. The molecule has 0 bridgehead atoms. The molecule has 0 fully saturated rings. The van der Waals surface area contributed by atoms with Crippen molar-refractivity contribution in [2.24, 2.45) is 0 Å². The molecule has 29 heavy (non-hydrogen) atoms. The Morgan fingerprint density at radius 2 is 1.69 bits per heavy atom. The highest BCUT2D eigenvalue weighted by molar-refractivity contribution is 5.79. The van der Waals surface area contributed by atoms with Gasteiger partial charge in [0.1, 0.15) is 6.61 Å². The summed E-state index contributed by atoms with van der Waals surface area (Å²) in [6, 6.07) is 17.8. The third kappa shape index (κ3) is 2.97. The number of hydrogen-bond acceptors (Lipinski definition) is 4. The second-order valence-electron chi connectivity index (χ2n) is 7.43. The first-order valence-corrected chi connectivity index (χ1v) is 9.64. The number of pyridine rings is 1. The summed E-state index contributed by atoms with van der Waals surface area (Å²) in [7, 11) is 0. The Kier molecular flexibility index (Phi) is 4.12. The molecule has 2 heterocycles. The average Bonchev–Trinajstić information content (AvgIpc) is 3.06. The van der Waals surface area contributed by atoms with Crippen molar-refractivity contribution in [3.8, 4) is 16.9 Å². The summed E-state index contributed by atoms with van der Waals surface area (Å²) in [4.78, 5) is 26.0. The summed E-state index contributed by atoms with van der Waals surface area (Å²) >= 11 is 0. The van der Waals surface area contributed by atoms with Gasteiger partial charge in [-0.2, -0.15) is 0 Å². The first-order chi connectivity index (χ1) is 14.1. The molecule has 1 aliphatic carbocycles. The van der Waals surface area contributed by atoms with Gasteiger partial charge in [-0.15, -0.1) is 0 Å². The van der Waals surface area contributed by atoms with E-state index in [0.29, 0.717) is 18.8 Å². The second-order valence-corrected chi connectivity index (χ2v) is 7.43. The Balaban J connectivity index is 1.33. The van der Waals surface area contributed by atoms with Gasteiger partial charge in [0.15, 0.2) is 5.75 Å². The normalized spacial score (nSPS) is 14.8. The number of ether oxygens (including phenoxy) is 1. The molecule has 0 spiro atoms. The standard InChI is InChI=1S/C23H20N2O4/c26-21-11-15-12-25(10-9-24(15)13-22(21)27)23(28)29-14-20-18-7-3-1-5-16(18)17-6-2-4-8-19(17)20/h1-8,11,13,20,27H,9-10,12,14H2. The minimum absolute atomic E-state index is 0.0167. The fourth-order valence-electron chi connectivity index (χ4n) is 4.29. The van der Waals surface area contributed by atoms with Gasteiger partial charge in [0, 0.05) is 30.8 Å². The monoisotopic (exact) mass is 388 g/mol. The Morgan fingerprint density at radius 1 is 1.03 bits per heavy atom. The molecule has 3 aromatic rings. The van der Waals surface area contributed by atoms with E-state index in [-0.39, 0.29) is 24.8 Å². The number of benzene rings is 2. The largest absolute Gasteiger partial charge is 0.503 e. The highest BCUT2D eigenvalue weighted by atomic mass is 16.6. The molecule has 1 aromatic heterocycles. The van der Waals surface area contributed by atoms with Gasteiger partial charge in [0.25, 0.3) is 0 Å². The Hall–Kier alpha value is -3.54. The summed E-state index contributed by atoms with van der Waals surface area (Å²) in [5, 5.41) is 9.58. The van der Waals surface area contributed by atoms with E-state index in [4.69, 9.17) is 4.74 Å². The predicted octanol–water partition coefficient (Wildman–Crippen LogP) is 3.32. The summed E-state index contributed by atoms with van der Waals surface area (Å²) in [5.41, 5.74) is 4.98. The first kappa shape index (κ1) is 17.6. The number of hydrogen-bond donors (Lipinski definition) is 1. The topological polar surface area (TPSA) is 71.8 Å². The van der Waals surface area contributed by atoms with Crippen molar-refractivity contribution in [1.82, 2.24) is 9.47 Å². The molecule has 5 rings (SSSR count). The van der Waals surface area contributed by atoms with E-state index in [1.54, 1.807) is 9.47 Å². The molecule has 0 saturated carbocycles. The molecule has 1 aliphatic heterocycles. The molecular weight excluding hydrogens is 368 g/mol. The minimum Gasteiger partial charge on any atom is -0.503 e. The zero-order valence-corrected chi connectivity index (χ0v) is 15.7. The lowest BCUT2D eigenvalue weighted by Crippen LogP contribution is -2.39. The van der Waals surface area contributed by atoms with E-state index in [2.05, 4.69) is 24.3 Å². The van der Waals surface area contributed by atoms with Gasteiger partial charge in [0.05, 0.1) is 12.7 Å². The SMILES string of the molecule is O=C(OCC1c2ccccc2-c2ccccc21)N1CCn2cc(O)c(=O)cc2C1. The summed E-state index contributed by atoms with van der Waals surface area (Å²) in [5.74, 6) is -0.258. The van der Waals surface area contributed by atoms with Crippen LogP contribution >= 0.6 is 0 Å². The maximum atomic E-state index is 12.7. The predicted molar refractivity (Wildman–Crippen MR) is 108 cm³/mol. The van der Waals surface area contributed by atoms with Crippen molar-refractivity contribution in [2.45, 2.75) is 19.0 Å². The van der Waals surface area contributed by atoms with Crippen molar-refractivity contribution in [3.05, 3.63) is 87.8 Å². The van der Waals surface area contributed by atoms with E-state index in [1.807, 2.05) is 24.3 Å². The van der Waals surface area contributed by atoms with Crippen LogP contribution in [0.25, 0.3) is 11.1 Å². The highest BCUT2D eigenvalue weighted by Crippen LogP contribution is 2.44. The van der Waals surface area contributed by atoms with Gasteiger partial charge >= 0.3 is 6.09 Å². The average molecular weight is 388 g/mol. The summed E-state index contributed by atoms with van der Waals surface area (Å²) in [6.07, 6.45) is 1.03. The van der Waals surface area contributed by atoms with Crippen LogP contribution < -0.4 is 5.43 Å². The molecule has 2 aromatic carbocycles. The summed E-state index contributed by atoms with van der Waals surface area (Å²) < 4.78 is 7.49. The lowest BCUT2D eigenvalue weighted by molar-refractivity contribution is 0.0899. The van der Waals surface area contributed by atoms with E-state index < -0.39 is 11.5 Å². The molecule has 1 amide bonds. The van der Waals surface area contributed by atoms with Gasteiger partial charge in [-0.1, -0.05) is 48.5 Å². The molecule has 0 saturated heterocycles. The van der Waals surface area contributed by atoms with E-state index >= 15 is 0 Å². The van der Waals surface area contributed by atoms with Gasteiger partial charge in [0.2, 0.25) is 5.43 Å². The molecule has 0 atom stereocenters. The van der Waals surface area contributed by atoms with Gasteiger partial charge in [-0.25, -0.2) is 4.79 Å². The summed E-state index contributed by atoms with van der Waals surface area (Å²) in [6.45, 7) is 1.53. The van der Waals surface area contributed by atoms with Gasteiger partial charge < -0.3 is 19.3 Å². The second kappa shape index (κ2) is 6.81. The van der Waals surface area contributed by atoms with Gasteiger partial charge in [-0.05, 0) is 22.3 Å². The fraction of sp³-hybridized carbons (Fsp3) is 0.217. The number of rotatable bonds is 2. The zero-order chi connectivity index (χ0) is 20.0. The lowest BCUT2D eigenvalue weighted by Gasteiger charge is -2.30. The molecule has 6 heteroatoms. The quantitative estimate of drug-likeness (QED) is 0.731. The van der Waals surface area contributed by atoms with Crippen LogP contribution in [0.2, 0.25) is 0 Å². The Labute approximate surface area is 167 Å². The van der Waals surface area contributed by atoms with Crippen LogP contribution in [0.5, 0.6) is 5.75 Å². The van der Waals surface area contributed by atoms with E-state index in [9.17, 15) is 14.7 Å². The maximum Gasteiger partial charge on any atom is 0.410 e. The van der Waals surface area contributed by atoms with Crippen LogP contribution in [0.3, 0.4) is 0 Å². The number of carbonyl (C=O) groups is 1. The van der Waals surface area contributed by atoms with Crippen molar-refractivity contribution >= 4 is 6.09 Å². The molecule has 2 aliphatic rings. The van der Waals surface area contributed by atoms with Crippen LogP contribution in [0, 0.1) is 0 Å². The fourth-order valence-corrected chi connectivity index (χ4v) is 4.29. The van der Waals surface area contributed by atoms with Crippen molar-refractivity contribution < 1.29 is 14.6 Å². The number of carbonyl (C=O) groups excluding carboxylic acids is 1. The molecule has 0 unspecified atom stereocenters. The van der Waals surface area contributed by atoms with Crippen molar-refractivity contribution in [1.29, 1.82) is 0 Å². The third-order valence-corrected chi connectivity index (χ3v) is 5.76. The maximum absolute atomic E-state index is 12.7. The number of nitrogens with zero attached hydrogens (tertiary/aromatic N) is 2. The number of aromatic nitrogens is 1. The van der Waals surface area contributed by atoms with Crippen LogP contribution in [0.15, 0.2) is 65.6 Å². The zero-order valence-electron chi connectivity index (χ0n) is 15.7. The van der Waals surface area contributed by atoms with Crippen molar-refractivity contribution in [2.75, 3.05) is 13.2 Å². The van der Waals surface area contributed by atoms with Crippen LogP contribution in [0.1, 0.15) is 22.7 Å².